The molecule has 0 atom stereocenters. The van der Waals surface area contributed by atoms with Crippen molar-refractivity contribution >= 4 is 11.4 Å². The van der Waals surface area contributed by atoms with Gasteiger partial charge in [0.25, 0.3) is 0 Å². The van der Waals surface area contributed by atoms with E-state index in [1.807, 2.05) is 30.3 Å². The summed E-state index contributed by atoms with van der Waals surface area (Å²) in [5.74, 6) is -0.335. The van der Waals surface area contributed by atoms with Crippen molar-refractivity contribution in [1.82, 2.24) is 0 Å². The Labute approximate surface area is 104 Å². The Kier molecular flexibility index (Phi) is 3.43. The molecule has 92 valence electrons. The molecule has 0 spiro atoms. The first-order valence-corrected chi connectivity index (χ1v) is 5.42. The fraction of sp³-hybridized carbons (Fsp3) is 0.0769. The zero-order valence-corrected chi connectivity index (χ0v) is 9.54. The third kappa shape index (κ3) is 2.76. The highest BCUT2D eigenvalue weighted by molar-refractivity contribution is 5.57. The summed E-state index contributed by atoms with van der Waals surface area (Å²) in [6.07, 6.45) is 0. The predicted molar refractivity (Wildman–Crippen MR) is 68.5 cm³/mol. The number of benzene rings is 2. The summed E-state index contributed by atoms with van der Waals surface area (Å²) in [6, 6.07) is 13.9. The molecule has 5 nitrogen and oxygen atoms in total. The lowest BCUT2D eigenvalue weighted by molar-refractivity contribution is -0.385. The van der Waals surface area contributed by atoms with Crippen LogP contribution < -0.4 is 5.32 Å². The first kappa shape index (κ1) is 11.9. The summed E-state index contributed by atoms with van der Waals surface area (Å²) >= 11 is 0. The number of rotatable bonds is 4. The van der Waals surface area contributed by atoms with E-state index in [0.29, 0.717) is 12.2 Å². The van der Waals surface area contributed by atoms with E-state index in [4.69, 9.17) is 0 Å². The van der Waals surface area contributed by atoms with E-state index in [9.17, 15) is 15.2 Å². The maximum absolute atomic E-state index is 10.5. The number of phenolic OH excluding ortho intramolecular Hbond substituents is 1. The van der Waals surface area contributed by atoms with Crippen LogP contribution in [0.5, 0.6) is 5.75 Å². The van der Waals surface area contributed by atoms with Crippen molar-refractivity contribution in [2.24, 2.45) is 0 Å². The molecule has 2 aromatic rings. The number of nitro groups is 1. The van der Waals surface area contributed by atoms with E-state index in [0.717, 1.165) is 5.56 Å². The zero-order chi connectivity index (χ0) is 13.0. The molecule has 0 radical (unpaired) electrons. The van der Waals surface area contributed by atoms with Gasteiger partial charge in [0.2, 0.25) is 0 Å². The Balaban J connectivity index is 2.07. The second-order valence-electron chi connectivity index (χ2n) is 3.80. The van der Waals surface area contributed by atoms with Gasteiger partial charge in [-0.1, -0.05) is 30.3 Å². The SMILES string of the molecule is O=[N+]([O-])c1ccc(NCc2ccccc2)cc1O. The Bertz CT molecular complexity index is 555. The lowest BCUT2D eigenvalue weighted by Gasteiger charge is -2.06. The largest absolute Gasteiger partial charge is 0.502 e. The Morgan fingerprint density at radius 3 is 2.50 bits per heavy atom. The summed E-state index contributed by atoms with van der Waals surface area (Å²) in [5, 5.41) is 23.1. The van der Waals surface area contributed by atoms with Gasteiger partial charge in [0.15, 0.2) is 5.75 Å². The van der Waals surface area contributed by atoms with E-state index in [1.54, 1.807) is 6.07 Å². The smallest absolute Gasteiger partial charge is 0.310 e. The number of phenols is 1. The molecule has 0 fully saturated rings. The summed E-state index contributed by atoms with van der Waals surface area (Å²) < 4.78 is 0. The van der Waals surface area contributed by atoms with Crippen molar-refractivity contribution in [2.75, 3.05) is 5.32 Å². The van der Waals surface area contributed by atoms with Gasteiger partial charge in [-0.25, -0.2) is 0 Å². The molecular formula is C13H12N2O3. The van der Waals surface area contributed by atoms with Crippen LogP contribution in [0.25, 0.3) is 0 Å². The van der Waals surface area contributed by atoms with Gasteiger partial charge in [-0.3, -0.25) is 10.1 Å². The summed E-state index contributed by atoms with van der Waals surface area (Å²) in [5.41, 5.74) is 1.44. The predicted octanol–water partition coefficient (Wildman–Crippen LogP) is 2.91. The summed E-state index contributed by atoms with van der Waals surface area (Å²) in [6.45, 7) is 0.595. The van der Waals surface area contributed by atoms with E-state index in [-0.39, 0.29) is 11.4 Å². The molecule has 2 rings (SSSR count). The van der Waals surface area contributed by atoms with Crippen LogP contribution >= 0.6 is 0 Å². The highest BCUT2D eigenvalue weighted by atomic mass is 16.6. The minimum absolute atomic E-state index is 0.291. The molecule has 2 N–H and O–H groups in total. The van der Waals surface area contributed by atoms with Crippen LogP contribution in [0, 0.1) is 10.1 Å². The Hall–Kier alpha value is -2.56. The lowest BCUT2D eigenvalue weighted by atomic mass is 10.2. The molecule has 0 amide bonds. The van der Waals surface area contributed by atoms with E-state index >= 15 is 0 Å². The van der Waals surface area contributed by atoms with Crippen LogP contribution in [0.15, 0.2) is 48.5 Å². The highest BCUT2D eigenvalue weighted by Gasteiger charge is 2.12. The number of hydrogen-bond acceptors (Lipinski definition) is 4. The molecule has 0 saturated heterocycles. The van der Waals surface area contributed by atoms with Crippen LogP contribution in [-0.2, 0) is 6.54 Å². The van der Waals surface area contributed by atoms with Gasteiger partial charge in [0.1, 0.15) is 0 Å². The second-order valence-corrected chi connectivity index (χ2v) is 3.80. The molecule has 0 unspecified atom stereocenters. The summed E-state index contributed by atoms with van der Waals surface area (Å²) in [4.78, 5) is 9.92. The third-order valence-electron chi connectivity index (χ3n) is 2.51. The van der Waals surface area contributed by atoms with Crippen LogP contribution in [0.1, 0.15) is 5.56 Å². The minimum atomic E-state index is -0.615. The van der Waals surface area contributed by atoms with Crippen LogP contribution in [0.3, 0.4) is 0 Å². The topological polar surface area (TPSA) is 75.4 Å². The molecule has 0 aliphatic carbocycles. The Morgan fingerprint density at radius 2 is 1.89 bits per heavy atom. The van der Waals surface area contributed by atoms with E-state index in [2.05, 4.69) is 5.32 Å². The third-order valence-corrected chi connectivity index (χ3v) is 2.51. The number of nitro benzene ring substituents is 1. The molecule has 2 aromatic carbocycles. The van der Waals surface area contributed by atoms with Gasteiger partial charge >= 0.3 is 5.69 Å². The maximum atomic E-state index is 10.5. The maximum Gasteiger partial charge on any atom is 0.310 e. The van der Waals surface area contributed by atoms with Crippen LogP contribution in [0.2, 0.25) is 0 Å². The first-order valence-electron chi connectivity index (χ1n) is 5.42. The molecule has 18 heavy (non-hydrogen) atoms. The quantitative estimate of drug-likeness (QED) is 0.640. The van der Waals surface area contributed by atoms with E-state index < -0.39 is 4.92 Å². The highest BCUT2D eigenvalue weighted by Crippen LogP contribution is 2.28. The van der Waals surface area contributed by atoms with Crippen molar-refractivity contribution in [3.8, 4) is 5.75 Å². The van der Waals surface area contributed by atoms with Crippen molar-refractivity contribution in [3.05, 3.63) is 64.2 Å². The van der Waals surface area contributed by atoms with E-state index in [1.165, 1.54) is 12.1 Å². The van der Waals surface area contributed by atoms with Crippen molar-refractivity contribution in [3.63, 3.8) is 0 Å². The number of anilines is 1. The van der Waals surface area contributed by atoms with Gasteiger partial charge in [-0.05, 0) is 11.6 Å². The fourth-order valence-corrected chi connectivity index (χ4v) is 1.59. The second kappa shape index (κ2) is 5.18. The normalized spacial score (nSPS) is 10.0. The molecule has 5 heteroatoms. The summed E-state index contributed by atoms with van der Waals surface area (Å²) in [7, 11) is 0. The molecule has 0 saturated carbocycles. The molecule has 0 heterocycles. The van der Waals surface area contributed by atoms with Gasteiger partial charge in [0.05, 0.1) is 4.92 Å². The standard InChI is InChI=1S/C13H12N2O3/c16-13-8-11(6-7-12(13)15(17)18)14-9-10-4-2-1-3-5-10/h1-8,14,16H,9H2. The van der Waals surface area contributed by atoms with Gasteiger partial charge < -0.3 is 10.4 Å². The molecule has 0 aliphatic rings. The molecule has 0 aliphatic heterocycles. The van der Waals surface area contributed by atoms with Crippen molar-refractivity contribution in [2.45, 2.75) is 6.54 Å². The molecular weight excluding hydrogens is 232 g/mol. The first-order chi connectivity index (χ1) is 8.66. The van der Waals surface area contributed by atoms with Crippen LogP contribution in [0.4, 0.5) is 11.4 Å². The van der Waals surface area contributed by atoms with Crippen molar-refractivity contribution < 1.29 is 10.0 Å². The lowest BCUT2D eigenvalue weighted by Crippen LogP contribution is -1.99. The monoisotopic (exact) mass is 244 g/mol. The van der Waals surface area contributed by atoms with Gasteiger partial charge in [-0.15, -0.1) is 0 Å². The molecule has 0 aromatic heterocycles. The number of hydrogen-bond donors (Lipinski definition) is 2. The average molecular weight is 244 g/mol. The fourth-order valence-electron chi connectivity index (χ4n) is 1.59. The molecule has 0 bridgehead atoms. The Morgan fingerprint density at radius 1 is 1.17 bits per heavy atom. The number of nitrogens with zero attached hydrogens (tertiary/aromatic N) is 1. The average Bonchev–Trinajstić information content (AvgIpc) is 2.37. The van der Waals surface area contributed by atoms with Gasteiger partial charge in [-0.2, -0.15) is 0 Å². The minimum Gasteiger partial charge on any atom is -0.502 e. The van der Waals surface area contributed by atoms with Gasteiger partial charge in [0, 0.05) is 24.4 Å². The zero-order valence-electron chi connectivity index (χ0n) is 9.54. The van der Waals surface area contributed by atoms with Crippen molar-refractivity contribution in [1.29, 1.82) is 0 Å². The number of nitrogens with one attached hydrogen (secondary N) is 1. The van der Waals surface area contributed by atoms with Crippen LogP contribution in [-0.4, -0.2) is 10.0 Å². The number of aromatic hydroxyl groups is 1.